The Kier molecular flexibility index (Phi) is 6.45. The Balaban J connectivity index is 0.000000154. The molecule has 0 spiro atoms. The third-order valence-corrected chi connectivity index (χ3v) is 5.17. The van der Waals surface area contributed by atoms with Crippen LogP contribution in [0.5, 0.6) is 0 Å². The van der Waals surface area contributed by atoms with Crippen molar-refractivity contribution in [1.82, 2.24) is 10.2 Å². The lowest BCUT2D eigenvalue weighted by molar-refractivity contribution is -0.148. The Morgan fingerprint density at radius 1 is 1.24 bits per heavy atom. The van der Waals surface area contributed by atoms with Gasteiger partial charge in [0, 0.05) is 6.61 Å². The SMILES string of the molecule is CCOC(=O)C1CCNCC1.OCC12CCN(CC1)CC2. The Labute approximate surface area is 128 Å². The number of aliphatic hydroxyl groups is 1. The molecule has 0 saturated carbocycles. The first-order chi connectivity index (χ1) is 10.2. The minimum atomic E-state index is -0.0194. The maximum Gasteiger partial charge on any atom is 0.309 e. The topological polar surface area (TPSA) is 61.8 Å². The second-order valence-electron chi connectivity index (χ2n) is 6.53. The molecule has 4 saturated heterocycles. The summed E-state index contributed by atoms with van der Waals surface area (Å²) in [6.07, 6.45) is 5.54. The summed E-state index contributed by atoms with van der Waals surface area (Å²) >= 11 is 0. The zero-order valence-electron chi connectivity index (χ0n) is 13.3. The molecule has 0 amide bonds. The summed E-state index contributed by atoms with van der Waals surface area (Å²) in [6, 6.07) is 0. The third-order valence-electron chi connectivity index (χ3n) is 5.17. The minimum Gasteiger partial charge on any atom is -0.466 e. The van der Waals surface area contributed by atoms with Crippen LogP contribution in [0.4, 0.5) is 0 Å². The molecule has 2 N–H and O–H groups in total. The molecule has 0 unspecified atom stereocenters. The predicted molar refractivity (Wildman–Crippen MR) is 82.0 cm³/mol. The molecular formula is C16H30N2O3. The van der Waals surface area contributed by atoms with Crippen LogP contribution in [0.2, 0.25) is 0 Å². The second kappa shape index (κ2) is 8.11. The van der Waals surface area contributed by atoms with Gasteiger partial charge in [-0.15, -0.1) is 0 Å². The van der Waals surface area contributed by atoms with E-state index in [9.17, 15) is 4.79 Å². The number of ether oxygens (including phenoxy) is 1. The van der Waals surface area contributed by atoms with Gasteiger partial charge in [0.2, 0.25) is 0 Å². The van der Waals surface area contributed by atoms with E-state index in [4.69, 9.17) is 9.84 Å². The smallest absolute Gasteiger partial charge is 0.309 e. The van der Waals surface area contributed by atoms with E-state index in [0.29, 0.717) is 18.6 Å². The van der Waals surface area contributed by atoms with Crippen molar-refractivity contribution in [3.63, 3.8) is 0 Å². The van der Waals surface area contributed by atoms with Crippen LogP contribution in [0.15, 0.2) is 0 Å². The number of nitrogens with one attached hydrogen (secondary N) is 1. The second-order valence-corrected chi connectivity index (χ2v) is 6.53. The molecule has 4 aliphatic heterocycles. The standard InChI is InChI=1S/C8H15NO2.C8H15NO/c1-2-11-8(10)7-3-5-9-6-4-7;10-7-8-1-4-9(5-2-8)6-3-8/h7,9H,2-6H2,1H3;10H,1-7H2. The van der Waals surface area contributed by atoms with Gasteiger partial charge in [-0.1, -0.05) is 0 Å². The molecule has 5 heteroatoms. The number of hydrogen-bond donors (Lipinski definition) is 2. The molecule has 4 rings (SSSR count). The van der Waals surface area contributed by atoms with Gasteiger partial charge in [-0.25, -0.2) is 0 Å². The van der Waals surface area contributed by atoms with E-state index in [1.807, 2.05) is 6.92 Å². The molecular weight excluding hydrogens is 268 g/mol. The molecule has 4 aliphatic rings. The number of carbonyl (C=O) groups is 1. The molecule has 0 aromatic heterocycles. The number of piperidine rings is 4. The van der Waals surface area contributed by atoms with Crippen LogP contribution in [0.25, 0.3) is 0 Å². The zero-order chi connectivity index (χ0) is 15.1. The molecule has 0 aromatic carbocycles. The maximum absolute atomic E-state index is 11.1. The number of rotatable bonds is 3. The first-order valence-electron chi connectivity index (χ1n) is 8.40. The molecule has 122 valence electrons. The van der Waals surface area contributed by atoms with Gasteiger partial charge >= 0.3 is 5.97 Å². The quantitative estimate of drug-likeness (QED) is 0.762. The van der Waals surface area contributed by atoms with Gasteiger partial charge in [-0.05, 0) is 77.2 Å². The van der Waals surface area contributed by atoms with E-state index in [-0.39, 0.29) is 11.9 Å². The van der Waals surface area contributed by atoms with Gasteiger partial charge in [0.25, 0.3) is 0 Å². The van der Waals surface area contributed by atoms with E-state index in [0.717, 1.165) is 25.9 Å². The Morgan fingerprint density at radius 2 is 1.81 bits per heavy atom. The third kappa shape index (κ3) is 4.66. The summed E-state index contributed by atoms with van der Waals surface area (Å²) in [5.41, 5.74) is 0.342. The van der Waals surface area contributed by atoms with Gasteiger partial charge in [-0.3, -0.25) is 4.79 Å². The lowest BCUT2D eigenvalue weighted by atomic mass is 9.73. The van der Waals surface area contributed by atoms with Gasteiger partial charge in [0.1, 0.15) is 0 Å². The number of nitrogens with zero attached hydrogens (tertiary/aromatic N) is 1. The van der Waals surface area contributed by atoms with Crippen LogP contribution in [0, 0.1) is 11.3 Å². The molecule has 4 fully saturated rings. The molecule has 2 bridgehead atoms. The summed E-state index contributed by atoms with van der Waals surface area (Å²) in [4.78, 5) is 13.6. The van der Waals surface area contributed by atoms with E-state index < -0.39 is 0 Å². The summed E-state index contributed by atoms with van der Waals surface area (Å²) < 4.78 is 4.91. The van der Waals surface area contributed by atoms with Crippen molar-refractivity contribution >= 4 is 5.97 Å². The molecule has 0 aromatic rings. The Hall–Kier alpha value is -0.650. The fourth-order valence-corrected chi connectivity index (χ4v) is 3.45. The van der Waals surface area contributed by atoms with Crippen LogP contribution in [0.3, 0.4) is 0 Å². The highest BCUT2D eigenvalue weighted by Crippen LogP contribution is 2.39. The molecule has 4 heterocycles. The van der Waals surface area contributed by atoms with Gasteiger partial charge < -0.3 is 20.1 Å². The van der Waals surface area contributed by atoms with Crippen LogP contribution in [-0.4, -0.2) is 61.9 Å². The zero-order valence-corrected chi connectivity index (χ0v) is 13.3. The largest absolute Gasteiger partial charge is 0.466 e. The van der Waals surface area contributed by atoms with Crippen molar-refractivity contribution in [2.75, 3.05) is 45.9 Å². The molecule has 0 atom stereocenters. The summed E-state index contributed by atoms with van der Waals surface area (Å²) in [5.74, 6) is 0.130. The van der Waals surface area contributed by atoms with Crippen molar-refractivity contribution < 1.29 is 14.6 Å². The van der Waals surface area contributed by atoms with E-state index in [1.165, 1.54) is 38.9 Å². The summed E-state index contributed by atoms with van der Waals surface area (Å²) in [5, 5.41) is 12.4. The van der Waals surface area contributed by atoms with Crippen molar-refractivity contribution in [1.29, 1.82) is 0 Å². The van der Waals surface area contributed by atoms with Crippen LogP contribution < -0.4 is 5.32 Å². The van der Waals surface area contributed by atoms with E-state index >= 15 is 0 Å². The lowest BCUT2D eigenvalue weighted by Crippen LogP contribution is -2.49. The Bertz CT molecular complexity index is 308. The monoisotopic (exact) mass is 298 g/mol. The van der Waals surface area contributed by atoms with Crippen molar-refractivity contribution in [3.8, 4) is 0 Å². The lowest BCUT2D eigenvalue weighted by Gasteiger charge is -2.47. The van der Waals surface area contributed by atoms with Crippen LogP contribution in [-0.2, 0) is 9.53 Å². The maximum atomic E-state index is 11.1. The van der Waals surface area contributed by atoms with Gasteiger partial charge in [-0.2, -0.15) is 0 Å². The average molecular weight is 298 g/mol. The summed E-state index contributed by atoms with van der Waals surface area (Å²) in [7, 11) is 0. The number of hydrogen-bond acceptors (Lipinski definition) is 5. The molecule has 0 radical (unpaired) electrons. The van der Waals surface area contributed by atoms with Gasteiger partial charge in [0.15, 0.2) is 0 Å². The van der Waals surface area contributed by atoms with E-state index in [1.54, 1.807) is 0 Å². The van der Waals surface area contributed by atoms with E-state index in [2.05, 4.69) is 10.2 Å². The molecule has 0 aliphatic carbocycles. The minimum absolute atomic E-state index is 0.0194. The molecule has 5 nitrogen and oxygen atoms in total. The van der Waals surface area contributed by atoms with Gasteiger partial charge in [0.05, 0.1) is 12.5 Å². The number of carbonyl (C=O) groups excluding carboxylic acids is 1. The highest BCUT2D eigenvalue weighted by atomic mass is 16.5. The highest BCUT2D eigenvalue weighted by molar-refractivity contribution is 5.72. The Morgan fingerprint density at radius 3 is 2.24 bits per heavy atom. The fourth-order valence-electron chi connectivity index (χ4n) is 3.45. The molecule has 21 heavy (non-hydrogen) atoms. The van der Waals surface area contributed by atoms with Crippen LogP contribution in [0.1, 0.15) is 39.0 Å². The summed E-state index contributed by atoms with van der Waals surface area (Å²) in [6.45, 7) is 8.33. The fraction of sp³-hybridized carbons (Fsp3) is 0.938. The van der Waals surface area contributed by atoms with Crippen molar-refractivity contribution in [3.05, 3.63) is 0 Å². The van der Waals surface area contributed by atoms with Crippen LogP contribution >= 0.6 is 0 Å². The number of fused-ring (bicyclic) bond motifs is 3. The average Bonchev–Trinajstić information content (AvgIpc) is 2.58. The predicted octanol–water partition coefficient (Wildman–Crippen LogP) is 1.01. The first-order valence-corrected chi connectivity index (χ1v) is 8.40. The normalized spacial score (nSPS) is 32.2. The highest BCUT2D eigenvalue weighted by Gasteiger charge is 2.38. The van der Waals surface area contributed by atoms with Crippen molar-refractivity contribution in [2.24, 2.45) is 11.3 Å². The number of esters is 1. The van der Waals surface area contributed by atoms with Crippen molar-refractivity contribution in [2.45, 2.75) is 39.0 Å². The first kappa shape index (κ1) is 16.7. The number of aliphatic hydroxyl groups excluding tert-OH is 1.